The first-order valence-corrected chi connectivity index (χ1v) is 9.81. The molecule has 2 aromatic rings. The van der Waals surface area contributed by atoms with Gasteiger partial charge in [0.2, 0.25) is 5.91 Å². The molecule has 2 aliphatic rings. The molecule has 1 fully saturated rings. The van der Waals surface area contributed by atoms with E-state index in [4.69, 9.17) is 0 Å². The lowest BCUT2D eigenvalue weighted by Gasteiger charge is -2.26. The van der Waals surface area contributed by atoms with Crippen molar-refractivity contribution in [3.63, 3.8) is 0 Å². The number of allylic oxidation sites excluding steroid dienone is 6. The number of hydrogen-bond acceptors (Lipinski definition) is 4. The van der Waals surface area contributed by atoms with Gasteiger partial charge in [-0.25, -0.2) is 9.37 Å². The molecular weight excluding hydrogens is 369 g/mol. The Morgan fingerprint density at radius 1 is 1.41 bits per heavy atom. The number of nitrogens with zero attached hydrogens (tertiary/aromatic N) is 3. The predicted molar refractivity (Wildman–Crippen MR) is 112 cm³/mol. The van der Waals surface area contributed by atoms with Gasteiger partial charge in [-0.1, -0.05) is 31.6 Å². The summed E-state index contributed by atoms with van der Waals surface area (Å²) in [7, 11) is 1.91. The highest BCUT2D eigenvalue weighted by Gasteiger charge is 2.25. The molecule has 1 amide bonds. The van der Waals surface area contributed by atoms with Gasteiger partial charge in [0.15, 0.2) is 11.5 Å². The standard InChI is InChI=1S/C22H24FN5O/c1-4-15(18-11-7-8-13(2)28(18)3)19-17(23)12-16-20(24-19)26-27-21(16)25-22(29)14-9-5-6-10-14/h4,7-8,11-12,14H,1,5-6,9-10H2,2-3H3,(H2,24,25,26,27,29)/b18-15+. The fourth-order valence-corrected chi connectivity index (χ4v) is 3.90. The third-order valence-electron chi connectivity index (χ3n) is 5.69. The van der Waals surface area contributed by atoms with E-state index in [0.29, 0.717) is 22.4 Å². The first kappa shape index (κ1) is 19.1. The van der Waals surface area contributed by atoms with Crippen LogP contribution in [0.5, 0.6) is 0 Å². The van der Waals surface area contributed by atoms with Crippen LogP contribution in [0.4, 0.5) is 10.2 Å². The number of amides is 1. The Labute approximate surface area is 168 Å². The summed E-state index contributed by atoms with van der Waals surface area (Å²) in [5.74, 6) is -0.242. The number of H-pyrrole nitrogens is 1. The minimum Gasteiger partial charge on any atom is -0.348 e. The van der Waals surface area contributed by atoms with E-state index in [1.807, 2.05) is 37.1 Å². The van der Waals surface area contributed by atoms with Crippen LogP contribution in [0.15, 0.2) is 48.3 Å². The van der Waals surface area contributed by atoms with Crippen molar-refractivity contribution in [2.45, 2.75) is 32.6 Å². The van der Waals surface area contributed by atoms with E-state index in [-0.39, 0.29) is 17.5 Å². The van der Waals surface area contributed by atoms with Crippen molar-refractivity contribution in [2.75, 3.05) is 12.4 Å². The molecular formula is C22H24FN5O. The van der Waals surface area contributed by atoms with E-state index in [1.54, 1.807) is 6.08 Å². The second-order valence-corrected chi connectivity index (χ2v) is 7.49. The summed E-state index contributed by atoms with van der Waals surface area (Å²) in [6, 6.07) is 1.37. The lowest BCUT2D eigenvalue weighted by molar-refractivity contribution is -0.119. The smallest absolute Gasteiger partial charge is 0.228 e. The summed E-state index contributed by atoms with van der Waals surface area (Å²) in [6.45, 7) is 5.83. The normalized spacial score (nSPS) is 18.9. The quantitative estimate of drug-likeness (QED) is 0.800. The summed E-state index contributed by atoms with van der Waals surface area (Å²) in [4.78, 5) is 18.8. The van der Waals surface area contributed by atoms with Gasteiger partial charge in [-0.15, -0.1) is 0 Å². The van der Waals surface area contributed by atoms with E-state index in [9.17, 15) is 4.79 Å². The van der Waals surface area contributed by atoms with Gasteiger partial charge in [0.05, 0.1) is 11.1 Å². The molecule has 0 spiro atoms. The zero-order valence-corrected chi connectivity index (χ0v) is 16.6. The molecule has 6 nitrogen and oxygen atoms in total. The minimum absolute atomic E-state index is 0.000788. The SMILES string of the molecule is C=C/C(=C1/C=CC=C(C)N1C)c1nc2[nH]nc(NC(=O)C3CCCC3)c2cc1F. The maximum atomic E-state index is 15.1. The Morgan fingerprint density at radius 2 is 2.17 bits per heavy atom. The molecule has 2 aromatic heterocycles. The highest BCUT2D eigenvalue weighted by atomic mass is 19.1. The van der Waals surface area contributed by atoms with Gasteiger partial charge in [-0.3, -0.25) is 9.89 Å². The molecule has 0 atom stereocenters. The van der Waals surface area contributed by atoms with Crippen molar-refractivity contribution in [3.05, 3.63) is 59.9 Å². The highest BCUT2D eigenvalue weighted by Crippen LogP contribution is 2.31. The van der Waals surface area contributed by atoms with Gasteiger partial charge in [-0.2, -0.15) is 5.10 Å². The predicted octanol–water partition coefficient (Wildman–Crippen LogP) is 4.53. The maximum Gasteiger partial charge on any atom is 0.228 e. The average Bonchev–Trinajstić information content (AvgIpc) is 3.37. The lowest BCUT2D eigenvalue weighted by Crippen LogP contribution is -2.20. The average molecular weight is 393 g/mol. The van der Waals surface area contributed by atoms with Crippen LogP contribution in [0.25, 0.3) is 16.6 Å². The summed E-state index contributed by atoms with van der Waals surface area (Å²) in [5, 5.41) is 10.2. The number of halogens is 1. The summed E-state index contributed by atoms with van der Waals surface area (Å²) in [5.41, 5.74) is 3.02. The van der Waals surface area contributed by atoms with Crippen molar-refractivity contribution < 1.29 is 9.18 Å². The number of nitrogens with one attached hydrogen (secondary N) is 2. The molecule has 2 N–H and O–H groups in total. The Hall–Kier alpha value is -3.22. The Balaban J connectivity index is 1.71. The number of carbonyl (C=O) groups is 1. The lowest BCUT2D eigenvalue weighted by atomic mass is 10.0. The zero-order valence-electron chi connectivity index (χ0n) is 16.6. The van der Waals surface area contributed by atoms with Crippen LogP contribution < -0.4 is 5.32 Å². The van der Waals surface area contributed by atoms with Gasteiger partial charge >= 0.3 is 0 Å². The third kappa shape index (κ3) is 3.48. The molecule has 0 radical (unpaired) electrons. The molecule has 7 heteroatoms. The molecule has 0 saturated heterocycles. The molecule has 0 unspecified atom stereocenters. The fraction of sp³-hybridized carbons (Fsp3) is 0.318. The molecule has 0 bridgehead atoms. The third-order valence-corrected chi connectivity index (χ3v) is 5.69. The highest BCUT2D eigenvalue weighted by molar-refractivity contribution is 6.00. The second kappa shape index (κ2) is 7.66. The molecule has 1 aliphatic carbocycles. The summed E-state index contributed by atoms with van der Waals surface area (Å²) in [6.07, 6.45) is 11.3. The Bertz CT molecular complexity index is 1070. The van der Waals surface area contributed by atoms with Gasteiger partial charge in [0.25, 0.3) is 0 Å². The zero-order chi connectivity index (χ0) is 20.5. The van der Waals surface area contributed by atoms with Gasteiger partial charge in [-0.05, 0) is 38.0 Å². The minimum atomic E-state index is -0.494. The topological polar surface area (TPSA) is 73.9 Å². The number of rotatable bonds is 4. The first-order valence-electron chi connectivity index (χ1n) is 9.81. The monoisotopic (exact) mass is 393 g/mol. The fourth-order valence-electron chi connectivity index (χ4n) is 3.90. The van der Waals surface area contributed by atoms with Crippen LogP contribution in [-0.4, -0.2) is 33.0 Å². The van der Waals surface area contributed by atoms with Crippen LogP contribution in [0.2, 0.25) is 0 Å². The van der Waals surface area contributed by atoms with Crippen LogP contribution in [-0.2, 0) is 4.79 Å². The molecule has 29 heavy (non-hydrogen) atoms. The Morgan fingerprint density at radius 3 is 2.90 bits per heavy atom. The molecule has 4 rings (SSSR count). The molecule has 0 aromatic carbocycles. The molecule has 1 saturated carbocycles. The van der Waals surface area contributed by atoms with Crippen LogP contribution in [0.1, 0.15) is 38.3 Å². The van der Waals surface area contributed by atoms with Crippen molar-refractivity contribution in [2.24, 2.45) is 5.92 Å². The molecule has 1 aliphatic heterocycles. The number of aromatic amines is 1. The maximum absolute atomic E-state index is 15.1. The van der Waals surface area contributed by atoms with Crippen LogP contribution in [0, 0.1) is 11.7 Å². The van der Waals surface area contributed by atoms with Crippen molar-refractivity contribution in [1.29, 1.82) is 0 Å². The Kier molecular flexibility index (Phi) is 5.05. The van der Waals surface area contributed by atoms with Crippen LogP contribution >= 0.6 is 0 Å². The van der Waals surface area contributed by atoms with Crippen LogP contribution in [0.3, 0.4) is 0 Å². The number of fused-ring (bicyclic) bond motifs is 1. The number of pyridine rings is 1. The molecule has 3 heterocycles. The van der Waals surface area contributed by atoms with Crippen molar-refractivity contribution in [3.8, 4) is 0 Å². The second-order valence-electron chi connectivity index (χ2n) is 7.49. The number of likely N-dealkylation sites (N-methyl/N-ethyl adjacent to an activating group) is 1. The van der Waals surface area contributed by atoms with Crippen molar-refractivity contribution in [1.82, 2.24) is 20.1 Å². The largest absolute Gasteiger partial charge is 0.348 e. The van der Waals surface area contributed by atoms with Gasteiger partial charge in [0, 0.05) is 24.2 Å². The number of hydrogen-bond donors (Lipinski definition) is 2. The van der Waals surface area contributed by atoms with E-state index in [2.05, 4.69) is 27.1 Å². The summed E-state index contributed by atoms with van der Waals surface area (Å²) < 4.78 is 15.1. The number of aromatic nitrogens is 3. The summed E-state index contributed by atoms with van der Waals surface area (Å²) >= 11 is 0. The molecule has 150 valence electrons. The number of carbonyl (C=O) groups excluding carboxylic acids is 1. The van der Waals surface area contributed by atoms with Gasteiger partial charge < -0.3 is 10.2 Å². The van der Waals surface area contributed by atoms with Crippen molar-refractivity contribution >= 4 is 28.3 Å². The van der Waals surface area contributed by atoms with E-state index in [0.717, 1.165) is 37.1 Å². The van der Waals surface area contributed by atoms with E-state index < -0.39 is 5.82 Å². The number of anilines is 1. The van der Waals surface area contributed by atoms with Gasteiger partial charge in [0.1, 0.15) is 11.5 Å². The first-order chi connectivity index (χ1) is 14.0. The van der Waals surface area contributed by atoms with E-state index in [1.165, 1.54) is 6.07 Å². The van der Waals surface area contributed by atoms with E-state index >= 15 is 4.39 Å².